The van der Waals surface area contributed by atoms with Crippen LogP contribution >= 0.6 is 0 Å². The lowest BCUT2D eigenvalue weighted by atomic mass is 9.97. The summed E-state index contributed by atoms with van der Waals surface area (Å²) < 4.78 is 6.17. The summed E-state index contributed by atoms with van der Waals surface area (Å²) in [6, 6.07) is 12.2. The number of benzene rings is 1. The van der Waals surface area contributed by atoms with Crippen LogP contribution < -0.4 is 4.90 Å². The fourth-order valence-electron chi connectivity index (χ4n) is 5.07. The zero-order valence-corrected chi connectivity index (χ0v) is 18.3. The first kappa shape index (κ1) is 19.6. The number of hydrogen-bond donors (Lipinski definition) is 0. The largest absolute Gasteiger partial charge is 0.355 e. The van der Waals surface area contributed by atoms with Crippen molar-refractivity contribution in [3.05, 3.63) is 59.5 Å². The molecule has 2 aliphatic heterocycles. The Morgan fingerprint density at radius 2 is 1.84 bits per heavy atom. The van der Waals surface area contributed by atoms with Crippen LogP contribution in [0.4, 0.5) is 5.82 Å². The van der Waals surface area contributed by atoms with Crippen LogP contribution in [0.5, 0.6) is 0 Å². The lowest BCUT2D eigenvalue weighted by Crippen LogP contribution is -2.54. The molecular weight excluding hydrogens is 402 g/mol. The Bertz CT molecular complexity index is 1180. The van der Waals surface area contributed by atoms with Crippen LogP contribution in [0.15, 0.2) is 42.6 Å². The van der Waals surface area contributed by atoms with Crippen molar-refractivity contribution in [1.29, 1.82) is 0 Å². The maximum absolute atomic E-state index is 12.9. The van der Waals surface area contributed by atoms with Crippen LogP contribution in [0.2, 0.25) is 0 Å². The predicted molar refractivity (Wildman–Crippen MR) is 121 cm³/mol. The molecule has 3 aliphatic rings. The van der Waals surface area contributed by atoms with Gasteiger partial charge < -0.3 is 14.5 Å². The molecule has 1 amide bonds. The van der Waals surface area contributed by atoms with Gasteiger partial charge in [0.05, 0.1) is 29.5 Å². The molecule has 32 heavy (non-hydrogen) atoms. The van der Waals surface area contributed by atoms with E-state index in [1.165, 1.54) is 18.4 Å². The van der Waals surface area contributed by atoms with E-state index in [2.05, 4.69) is 22.0 Å². The minimum atomic E-state index is -0.551. The third kappa shape index (κ3) is 3.41. The van der Waals surface area contributed by atoms with Crippen molar-refractivity contribution in [3.63, 3.8) is 0 Å². The molecule has 1 aromatic carbocycles. The van der Waals surface area contributed by atoms with Gasteiger partial charge in [0.25, 0.3) is 5.91 Å². The molecule has 0 unspecified atom stereocenters. The second kappa shape index (κ2) is 7.52. The highest BCUT2D eigenvalue weighted by atomic mass is 16.5. The van der Waals surface area contributed by atoms with Crippen LogP contribution in [0, 0.1) is 6.92 Å². The number of aromatic nitrogens is 3. The van der Waals surface area contributed by atoms with Crippen LogP contribution in [-0.4, -0.2) is 51.2 Å². The van der Waals surface area contributed by atoms with Gasteiger partial charge in [0.15, 0.2) is 0 Å². The molecule has 6 rings (SSSR count). The standard InChI is InChI=1S/C25H27N5O2/c1-17-6-9-19(18-7-8-18)22(27-17)15-30-24(31)16-32-25(30)10-12-29(13-11-25)23-14-26-20-4-2-3-5-21(20)28-23/h2-6,9,14,18H,7-8,10-13,15-16H2,1H3. The van der Waals surface area contributed by atoms with Gasteiger partial charge in [-0.3, -0.25) is 14.8 Å². The van der Waals surface area contributed by atoms with E-state index in [4.69, 9.17) is 14.7 Å². The van der Waals surface area contributed by atoms with Gasteiger partial charge in [0.2, 0.25) is 0 Å². The molecule has 3 aromatic rings. The van der Waals surface area contributed by atoms with E-state index in [0.717, 1.165) is 54.2 Å². The minimum absolute atomic E-state index is 0.0639. The number of fused-ring (bicyclic) bond motifs is 1. The number of para-hydroxylation sites is 2. The van der Waals surface area contributed by atoms with E-state index >= 15 is 0 Å². The summed E-state index contributed by atoms with van der Waals surface area (Å²) in [4.78, 5) is 31.2. The molecule has 1 aliphatic carbocycles. The van der Waals surface area contributed by atoms with Gasteiger partial charge in [-0.05, 0) is 49.4 Å². The topological polar surface area (TPSA) is 71.5 Å². The number of piperidine rings is 1. The number of carbonyl (C=O) groups is 1. The van der Waals surface area contributed by atoms with Gasteiger partial charge in [-0.1, -0.05) is 18.2 Å². The van der Waals surface area contributed by atoms with Crippen molar-refractivity contribution in [2.24, 2.45) is 0 Å². The second-order valence-electron chi connectivity index (χ2n) is 9.18. The maximum atomic E-state index is 12.9. The van der Waals surface area contributed by atoms with E-state index in [-0.39, 0.29) is 12.5 Å². The van der Waals surface area contributed by atoms with E-state index < -0.39 is 5.72 Å². The summed E-state index contributed by atoms with van der Waals surface area (Å²) in [6.45, 7) is 4.24. The predicted octanol–water partition coefficient (Wildman–Crippen LogP) is 3.57. The smallest absolute Gasteiger partial charge is 0.251 e. The number of aryl methyl sites for hydroxylation is 1. The van der Waals surface area contributed by atoms with Gasteiger partial charge >= 0.3 is 0 Å². The van der Waals surface area contributed by atoms with E-state index in [1.54, 1.807) is 0 Å². The molecule has 0 bridgehead atoms. The Hall–Kier alpha value is -3.06. The Morgan fingerprint density at radius 3 is 2.62 bits per heavy atom. The number of anilines is 1. The van der Waals surface area contributed by atoms with Gasteiger partial charge in [-0.15, -0.1) is 0 Å². The van der Waals surface area contributed by atoms with Crippen molar-refractivity contribution in [2.45, 2.75) is 50.8 Å². The summed E-state index contributed by atoms with van der Waals surface area (Å²) in [7, 11) is 0. The van der Waals surface area contributed by atoms with Crippen LogP contribution in [0.1, 0.15) is 48.6 Å². The summed E-state index contributed by atoms with van der Waals surface area (Å²) in [5.74, 6) is 1.54. The first-order valence-electron chi connectivity index (χ1n) is 11.5. The fraction of sp³-hybridized carbons (Fsp3) is 0.440. The molecule has 2 aromatic heterocycles. The molecule has 7 nitrogen and oxygen atoms in total. The highest BCUT2D eigenvalue weighted by molar-refractivity contribution is 5.80. The average Bonchev–Trinajstić information content (AvgIpc) is 3.62. The molecule has 2 saturated heterocycles. The third-order valence-electron chi connectivity index (χ3n) is 7.04. The van der Waals surface area contributed by atoms with Crippen molar-refractivity contribution < 1.29 is 9.53 Å². The summed E-state index contributed by atoms with van der Waals surface area (Å²) in [5, 5.41) is 0. The van der Waals surface area contributed by atoms with E-state index in [1.807, 2.05) is 42.3 Å². The number of rotatable bonds is 4. The third-order valence-corrected chi connectivity index (χ3v) is 7.04. The zero-order valence-electron chi connectivity index (χ0n) is 18.3. The first-order valence-corrected chi connectivity index (χ1v) is 11.5. The average molecular weight is 430 g/mol. The van der Waals surface area contributed by atoms with Crippen molar-refractivity contribution in [3.8, 4) is 0 Å². The minimum Gasteiger partial charge on any atom is -0.355 e. The van der Waals surface area contributed by atoms with Gasteiger partial charge in [0, 0.05) is 31.6 Å². The number of carbonyl (C=O) groups excluding carboxylic acids is 1. The number of ether oxygens (including phenoxy) is 1. The van der Waals surface area contributed by atoms with Crippen LogP contribution in [-0.2, 0) is 16.1 Å². The second-order valence-corrected chi connectivity index (χ2v) is 9.18. The van der Waals surface area contributed by atoms with Gasteiger partial charge in [-0.25, -0.2) is 4.98 Å². The summed E-state index contributed by atoms with van der Waals surface area (Å²) in [6.07, 6.45) is 5.77. The van der Waals surface area contributed by atoms with Crippen LogP contribution in [0.3, 0.4) is 0 Å². The monoisotopic (exact) mass is 429 g/mol. The molecular formula is C25H27N5O2. The molecule has 7 heteroatoms. The summed E-state index contributed by atoms with van der Waals surface area (Å²) in [5.41, 5.74) is 4.58. The van der Waals surface area contributed by atoms with Gasteiger partial charge in [0.1, 0.15) is 18.1 Å². The van der Waals surface area contributed by atoms with E-state index in [9.17, 15) is 4.79 Å². The SMILES string of the molecule is Cc1ccc(C2CC2)c(CN2C(=O)COC23CCN(c2cnc4ccccc4n2)CC3)n1. The zero-order chi connectivity index (χ0) is 21.7. The molecule has 0 N–H and O–H groups in total. The Morgan fingerprint density at radius 1 is 1.06 bits per heavy atom. The highest BCUT2D eigenvalue weighted by Crippen LogP contribution is 2.43. The molecule has 164 valence electrons. The molecule has 4 heterocycles. The maximum Gasteiger partial charge on any atom is 0.251 e. The van der Waals surface area contributed by atoms with Crippen molar-refractivity contribution in [2.75, 3.05) is 24.6 Å². The van der Waals surface area contributed by atoms with E-state index in [0.29, 0.717) is 12.5 Å². The van der Waals surface area contributed by atoms with Gasteiger partial charge in [-0.2, -0.15) is 0 Å². The number of pyridine rings is 1. The Labute approximate surface area is 187 Å². The molecule has 0 atom stereocenters. The van der Waals surface area contributed by atoms with Crippen molar-refractivity contribution in [1.82, 2.24) is 19.9 Å². The number of amides is 1. The Balaban J connectivity index is 1.22. The lowest BCUT2D eigenvalue weighted by Gasteiger charge is -2.43. The van der Waals surface area contributed by atoms with Crippen molar-refractivity contribution >= 4 is 22.8 Å². The molecule has 1 saturated carbocycles. The molecule has 1 spiro atoms. The number of nitrogens with zero attached hydrogens (tertiary/aromatic N) is 5. The molecule has 0 radical (unpaired) electrons. The van der Waals surface area contributed by atoms with Crippen LogP contribution in [0.25, 0.3) is 11.0 Å². The number of hydrogen-bond acceptors (Lipinski definition) is 6. The molecule has 3 fully saturated rings. The lowest BCUT2D eigenvalue weighted by molar-refractivity contribution is -0.137. The highest BCUT2D eigenvalue weighted by Gasteiger charge is 2.49. The quantitative estimate of drug-likeness (QED) is 0.632. The first-order chi connectivity index (χ1) is 15.6. The Kier molecular flexibility index (Phi) is 4.61. The summed E-state index contributed by atoms with van der Waals surface area (Å²) >= 11 is 0. The normalized spacial score (nSPS) is 20.5. The fourth-order valence-corrected chi connectivity index (χ4v) is 5.07.